The quantitative estimate of drug-likeness (QED) is 0.813. The molecule has 1 atom stereocenters. The number of rotatable bonds is 4. The van der Waals surface area contributed by atoms with E-state index in [0.29, 0.717) is 19.3 Å². The highest BCUT2D eigenvalue weighted by atomic mass is 32.2. The van der Waals surface area contributed by atoms with Gasteiger partial charge < -0.3 is 4.90 Å². The third-order valence-corrected chi connectivity index (χ3v) is 5.28. The van der Waals surface area contributed by atoms with E-state index in [2.05, 4.69) is 4.98 Å². The van der Waals surface area contributed by atoms with Crippen molar-refractivity contribution in [3.63, 3.8) is 0 Å². The van der Waals surface area contributed by atoms with Crippen molar-refractivity contribution in [2.75, 3.05) is 18.6 Å². The Kier molecular flexibility index (Phi) is 4.19. The molecule has 0 N–H and O–H groups in total. The first-order chi connectivity index (χ1) is 8.98. The van der Waals surface area contributed by atoms with Gasteiger partial charge >= 0.3 is 0 Å². The van der Waals surface area contributed by atoms with Crippen LogP contribution in [-0.4, -0.2) is 48.8 Å². The van der Waals surface area contributed by atoms with E-state index in [9.17, 15) is 13.2 Å². The molecule has 1 aliphatic heterocycles. The van der Waals surface area contributed by atoms with Crippen LogP contribution in [0.3, 0.4) is 0 Å². The molecule has 0 spiro atoms. The minimum Gasteiger partial charge on any atom is -0.342 e. The Balaban J connectivity index is 1.87. The number of carbonyl (C=O) groups excluding carboxylic acids is 1. The first-order valence-electron chi connectivity index (χ1n) is 6.33. The Labute approximate surface area is 113 Å². The van der Waals surface area contributed by atoms with E-state index in [1.165, 1.54) is 0 Å². The van der Waals surface area contributed by atoms with Crippen LogP contribution < -0.4 is 0 Å². The summed E-state index contributed by atoms with van der Waals surface area (Å²) >= 11 is 0. The molecule has 0 saturated carbocycles. The largest absolute Gasteiger partial charge is 0.342 e. The lowest BCUT2D eigenvalue weighted by atomic mass is 10.1. The van der Waals surface area contributed by atoms with Gasteiger partial charge in [0.15, 0.2) is 9.84 Å². The molecule has 1 unspecified atom stereocenters. The molecule has 5 nitrogen and oxygen atoms in total. The molecular formula is C13H18N2O3S. The topological polar surface area (TPSA) is 67.3 Å². The Bertz CT molecular complexity index is 542. The summed E-state index contributed by atoms with van der Waals surface area (Å²) in [6.45, 7) is 0. The first kappa shape index (κ1) is 14.0. The molecule has 104 valence electrons. The number of hydrogen-bond donors (Lipinski definition) is 0. The number of pyridine rings is 1. The first-order valence-corrected chi connectivity index (χ1v) is 8.15. The SMILES string of the molecule is CN(C(=O)CCc1ccncc1)C1CCS(=O)(=O)C1. The van der Waals surface area contributed by atoms with Gasteiger partial charge in [0.2, 0.25) is 5.91 Å². The molecule has 6 heteroatoms. The molecule has 19 heavy (non-hydrogen) atoms. The standard InChI is InChI=1S/C13H18N2O3S/c1-15(12-6-9-19(17,18)10-12)13(16)3-2-11-4-7-14-8-5-11/h4-5,7-8,12H,2-3,6,9-10H2,1H3. The molecule has 1 amide bonds. The van der Waals surface area contributed by atoms with Crippen molar-refractivity contribution in [1.29, 1.82) is 0 Å². The van der Waals surface area contributed by atoms with E-state index < -0.39 is 9.84 Å². The van der Waals surface area contributed by atoms with Crippen molar-refractivity contribution in [3.05, 3.63) is 30.1 Å². The summed E-state index contributed by atoms with van der Waals surface area (Å²) in [6, 6.07) is 3.61. The number of amides is 1. The molecule has 2 rings (SSSR count). The van der Waals surface area contributed by atoms with Gasteiger partial charge in [0.05, 0.1) is 11.5 Å². The van der Waals surface area contributed by atoms with E-state index >= 15 is 0 Å². The molecule has 2 heterocycles. The smallest absolute Gasteiger partial charge is 0.222 e. The van der Waals surface area contributed by atoms with E-state index in [1.54, 1.807) is 24.3 Å². The Morgan fingerprint density at radius 1 is 1.42 bits per heavy atom. The molecule has 1 fully saturated rings. The molecule has 1 aromatic heterocycles. The van der Waals surface area contributed by atoms with E-state index in [4.69, 9.17) is 0 Å². The van der Waals surface area contributed by atoms with Crippen molar-refractivity contribution in [3.8, 4) is 0 Å². The summed E-state index contributed by atoms with van der Waals surface area (Å²) in [5.74, 6) is 0.295. The highest BCUT2D eigenvalue weighted by Crippen LogP contribution is 2.17. The average Bonchev–Trinajstić information content (AvgIpc) is 2.76. The second-order valence-electron chi connectivity index (χ2n) is 4.92. The van der Waals surface area contributed by atoms with Crippen molar-refractivity contribution in [1.82, 2.24) is 9.88 Å². The second-order valence-corrected chi connectivity index (χ2v) is 7.15. The van der Waals surface area contributed by atoms with E-state index in [-0.39, 0.29) is 23.5 Å². The molecule has 1 saturated heterocycles. The summed E-state index contributed by atoms with van der Waals surface area (Å²) < 4.78 is 22.8. The summed E-state index contributed by atoms with van der Waals surface area (Å²) in [5.41, 5.74) is 1.07. The van der Waals surface area contributed by atoms with Gasteiger partial charge in [0.25, 0.3) is 0 Å². The normalized spacial score (nSPS) is 21.2. The summed E-state index contributed by atoms with van der Waals surface area (Å²) in [7, 11) is -1.25. The van der Waals surface area contributed by atoms with Crippen LogP contribution in [0.25, 0.3) is 0 Å². The van der Waals surface area contributed by atoms with Gasteiger partial charge in [-0.3, -0.25) is 9.78 Å². The lowest BCUT2D eigenvalue weighted by Crippen LogP contribution is -2.37. The number of aryl methyl sites for hydroxylation is 1. The van der Waals surface area contributed by atoms with Gasteiger partial charge in [-0.25, -0.2) is 8.42 Å². The monoisotopic (exact) mass is 282 g/mol. The molecule has 0 bridgehead atoms. The van der Waals surface area contributed by atoms with Crippen LogP contribution >= 0.6 is 0 Å². The highest BCUT2D eigenvalue weighted by molar-refractivity contribution is 7.91. The predicted octanol–water partition coefficient (Wildman–Crippen LogP) is 0.660. The minimum absolute atomic E-state index is 0.00101. The fourth-order valence-corrected chi connectivity index (χ4v) is 4.04. The van der Waals surface area contributed by atoms with Crippen LogP contribution in [0, 0.1) is 0 Å². The number of nitrogens with zero attached hydrogens (tertiary/aromatic N) is 2. The third kappa shape index (κ3) is 3.76. The second kappa shape index (κ2) is 5.69. The molecule has 0 radical (unpaired) electrons. The van der Waals surface area contributed by atoms with Gasteiger partial charge in [-0.2, -0.15) is 0 Å². The van der Waals surface area contributed by atoms with Gasteiger partial charge in [0.1, 0.15) is 0 Å². The highest BCUT2D eigenvalue weighted by Gasteiger charge is 2.32. The van der Waals surface area contributed by atoms with Crippen LogP contribution in [0.15, 0.2) is 24.5 Å². The van der Waals surface area contributed by atoms with Gasteiger partial charge in [0, 0.05) is 31.9 Å². The van der Waals surface area contributed by atoms with Crippen LogP contribution in [0.5, 0.6) is 0 Å². The fourth-order valence-electron chi connectivity index (χ4n) is 2.26. The van der Waals surface area contributed by atoms with Crippen molar-refractivity contribution in [2.24, 2.45) is 0 Å². The van der Waals surface area contributed by atoms with Crippen LogP contribution in [0.1, 0.15) is 18.4 Å². The molecular weight excluding hydrogens is 264 g/mol. The number of carbonyl (C=O) groups is 1. The zero-order valence-electron chi connectivity index (χ0n) is 10.9. The molecule has 1 aromatic rings. The fraction of sp³-hybridized carbons (Fsp3) is 0.538. The maximum atomic E-state index is 12.0. The lowest BCUT2D eigenvalue weighted by Gasteiger charge is -2.23. The summed E-state index contributed by atoms with van der Waals surface area (Å²) in [6.07, 6.45) is 5.02. The molecule has 0 aliphatic carbocycles. The van der Waals surface area contributed by atoms with E-state index in [0.717, 1.165) is 5.56 Å². The Morgan fingerprint density at radius 2 is 2.11 bits per heavy atom. The summed E-state index contributed by atoms with van der Waals surface area (Å²) in [5, 5.41) is 0. The summed E-state index contributed by atoms with van der Waals surface area (Å²) in [4.78, 5) is 17.5. The average molecular weight is 282 g/mol. The minimum atomic E-state index is -2.94. The van der Waals surface area contributed by atoms with Crippen molar-refractivity contribution in [2.45, 2.75) is 25.3 Å². The van der Waals surface area contributed by atoms with Crippen molar-refractivity contribution < 1.29 is 13.2 Å². The Hall–Kier alpha value is -1.43. The van der Waals surface area contributed by atoms with Crippen molar-refractivity contribution >= 4 is 15.7 Å². The number of hydrogen-bond acceptors (Lipinski definition) is 4. The van der Waals surface area contributed by atoms with E-state index in [1.807, 2.05) is 12.1 Å². The number of aromatic nitrogens is 1. The predicted molar refractivity (Wildman–Crippen MR) is 72.4 cm³/mol. The molecule has 0 aromatic carbocycles. The van der Waals surface area contributed by atoms with Crippen LogP contribution in [0.4, 0.5) is 0 Å². The Morgan fingerprint density at radius 3 is 2.68 bits per heavy atom. The maximum Gasteiger partial charge on any atom is 0.222 e. The maximum absolute atomic E-state index is 12.0. The lowest BCUT2D eigenvalue weighted by molar-refractivity contribution is -0.131. The molecule has 1 aliphatic rings. The van der Waals surface area contributed by atoms with Crippen LogP contribution in [-0.2, 0) is 21.1 Å². The zero-order chi connectivity index (χ0) is 13.9. The number of sulfone groups is 1. The van der Waals surface area contributed by atoms with Crippen LogP contribution in [0.2, 0.25) is 0 Å². The zero-order valence-corrected chi connectivity index (χ0v) is 11.8. The van der Waals surface area contributed by atoms with Gasteiger partial charge in [-0.1, -0.05) is 0 Å². The van der Waals surface area contributed by atoms with Gasteiger partial charge in [-0.05, 0) is 30.5 Å². The van der Waals surface area contributed by atoms with Gasteiger partial charge in [-0.15, -0.1) is 0 Å². The third-order valence-electron chi connectivity index (χ3n) is 3.53.